The van der Waals surface area contributed by atoms with Gasteiger partial charge in [0.05, 0.1) is 0 Å². The molecular formula is C9H10ClF2N. The number of hydrogen-bond acceptors (Lipinski definition) is 1. The molecule has 0 aliphatic carbocycles. The zero-order valence-electron chi connectivity index (χ0n) is 7.37. The lowest BCUT2D eigenvalue weighted by Gasteiger charge is -2.13. The molecule has 0 radical (unpaired) electrons. The third-order valence-electron chi connectivity index (χ3n) is 1.73. The Bertz CT molecular complexity index is 307. The second kappa shape index (κ2) is 3.50. The van der Waals surface area contributed by atoms with Gasteiger partial charge in [0.2, 0.25) is 0 Å². The van der Waals surface area contributed by atoms with E-state index in [1.54, 1.807) is 13.1 Å². The molecular weight excluding hydrogens is 196 g/mol. The predicted molar refractivity (Wildman–Crippen MR) is 50.6 cm³/mol. The Morgan fingerprint density at radius 2 is 2.00 bits per heavy atom. The van der Waals surface area contributed by atoms with Crippen LogP contribution in [0.3, 0.4) is 0 Å². The molecule has 0 aliphatic heterocycles. The summed E-state index contributed by atoms with van der Waals surface area (Å²) in [5, 5.41) is 2.86. The number of nitrogens with one attached hydrogen (secondary N) is 1. The molecule has 1 aromatic carbocycles. The Balaban J connectivity index is 3.19. The van der Waals surface area contributed by atoms with Crippen molar-refractivity contribution in [2.75, 3.05) is 12.4 Å². The first kappa shape index (κ1) is 10.3. The first-order valence-corrected chi connectivity index (χ1v) is 4.18. The lowest BCUT2D eigenvalue weighted by molar-refractivity contribution is 0.0176. The van der Waals surface area contributed by atoms with Crippen molar-refractivity contribution in [2.24, 2.45) is 0 Å². The van der Waals surface area contributed by atoms with Crippen LogP contribution >= 0.6 is 11.6 Å². The highest BCUT2D eigenvalue weighted by molar-refractivity contribution is 6.31. The van der Waals surface area contributed by atoms with E-state index in [9.17, 15) is 8.78 Å². The molecule has 1 nitrogen and oxygen atoms in total. The van der Waals surface area contributed by atoms with Crippen molar-refractivity contribution in [1.29, 1.82) is 0 Å². The zero-order valence-corrected chi connectivity index (χ0v) is 8.12. The number of anilines is 1. The lowest BCUT2D eigenvalue weighted by atomic mass is 10.1. The van der Waals surface area contributed by atoms with Crippen molar-refractivity contribution in [3.63, 3.8) is 0 Å². The summed E-state index contributed by atoms with van der Waals surface area (Å²) < 4.78 is 25.8. The van der Waals surface area contributed by atoms with E-state index < -0.39 is 5.92 Å². The van der Waals surface area contributed by atoms with E-state index in [1.165, 1.54) is 12.1 Å². The Kier molecular flexibility index (Phi) is 2.76. The molecule has 13 heavy (non-hydrogen) atoms. The molecule has 0 bridgehead atoms. The minimum atomic E-state index is -2.90. The van der Waals surface area contributed by atoms with Crippen LogP contribution in [0, 0.1) is 0 Å². The average Bonchev–Trinajstić information content (AvgIpc) is 2.03. The van der Waals surface area contributed by atoms with E-state index in [-0.39, 0.29) is 10.6 Å². The molecule has 0 heterocycles. The fourth-order valence-electron chi connectivity index (χ4n) is 1.02. The maximum atomic E-state index is 12.9. The van der Waals surface area contributed by atoms with E-state index in [4.69, 9.17) is 11.6 Å². The predicted octanol–water partition coefficient (Wildman–Crippen LogP) is 3.49. The van der Waals surface area contributed by atoms with Crippen LogP contribution < -0.4 is 5.32 Å². The summed E-state index contributed by atoms with van der Waals surface area (Å²) in [6, 6.07) is 4.46. The van der Waals surface area contributed by atoms with Crippen LogP contribution in [0.15, 0.2) is 18.2 Å². The van der Waals surface area contributed by atoms with E-state index in [0.29, 0.717) is 5.69 Å². The molecule has 0 saturated heterocycles. The highest BCUT2D eigenvalue weighted by Gasteiger charge is 2.27. The quantitative estimate of drug-likeness (QED) is 0.779. The number of rotatable bonds is 2. The Hall–Kier alpha value is -0.830. The van der Waals surface area contributed by atoms with Gasteiger partial charge in [-0.05, 0) is 18.2 Å². The summed E-state index contributed by atoms with van der Waals surface area (Å²) >= 11 is 5.63. The number of benzene rings is 1. The molecule has 0 amide bonds. The Morgan fingerprint density at radius 3 is 2.46 bits per heavy atom. The normalized spacial score (nSPS) is 11.5. The molecule has 1 rings (SSSR count). The fourth-order valence-corrected chi connectivity index (χ4v) is 1.30. The largest absolute Gasteiger partial charge is 0.388 e. The standard InChI is InChI=1S/C9H10ClF2N/c1-9(11,12)7-5-6(13-2)3-4-8(7)10/h3-5,13H,1-2H3. The van der Waals surface area contributed by atoms with Gasteiger partial charge in [0, 0.05) is 30.2 Å². The van der Waals surface area contributed by atoms with Crippen LogP contribution in [-0.4, -0.2) is 7.05 Å². The molecule has 0 aliphatic rings. The molecule has 72 valence electrons. The summed E-state index contributed by atoms with van der Waals surface area (Å²) in [7, 11) is 1.67. The smallest absolute Gasteiger partial charge is 0.272 e. The minimum Gasteiger partial charge on any atom is -0.388 e. The third kappa shape index (κ3) is 2.31. The van der Waals surface area contributed by atoms with Gasteiger partial charge in [-0.15, -0.1) is 0 Å². The van der Waals surface area contributed by atoms with Gasteiger partial charge in [-0.25, -0.2) is 8.78 Å². The van der Waals surface area contributed by atoms with Gasteiger partial charge in [-0.1, -0.05) is 11.6 Å². The van der Waals surface area contributed by atoms with Gasteiger partial charge in [0.25, 0.3) is 5.92 Å². The average molecular weight is 206 g/mol. The molecule has 0 fully saturated rings. The van der Waals surface area contributed by atoms with Crippen molar-refractivity contribution in [1.82, 2.24) is 0 Å². The molecule has 1 N–H and O–H groups in total. The van der Waals surface area contributed by atoms with Gasteiger partial charge in [0.1, 0.15) is 0 Å². The monoisotopic (exact) mass is 205 g/mol. The Labute approximate surface area is 80.7 Å². The van der Waals surface area contributed by atoms with Crippen molar-refractivity contribution >= 4 is 17.3 Å². The highest BCUT2D eigenvalue weighted by atomic mass is 35.5. The SMILES string of the molecule is CNc1ccc(Cl)c(C(C)(F)F)c1. The number of hydrogen-bond donors (Lipinski definition) is 1. The number of halogens is 3. The molecule has 0 atom stereocenters. The van der Waals surface area contributed by atoms with E-state index >= 15 is 0 Å². The maximum Gasteiger partial charge on any atom is 0.272 e. The molecule has 0 unspecified atom stereocenters. The topological polar surface area (TPSA) is 12.0 Å². The molecule has 4 heteroatoms. The van der Waals surface area contributed by atoms with Gasteiger partial charge < -0.3 is 5.32 Å². The number of alkyl halides is 2. The first-order valence-electron chi connectivity index (χ1n) is 3.80. The van der Waals surface area contributed by atoms with Gasteiger partial charge in [-0.2, -0.15) is 0 Å². The third-order valence-corrected chi connectivity index (χ3v) is 2.06. The summed E-state index contributed by atoms with van der Waals surface area (Å²) in [4.78, 5) is 0. The van der Waals surface area contributed by atoms with Crippen molar-refractivity contribution in [3.8, 4) is 0 Å². The summed E-state index contributed by atoms with van der Waals surface area (Å²) in [6.07, 6.45) is 0. The summed E-state index contributed by atoms with van der Waals surface area (Å²) in [6.45, 7) is 0.827. The zero-order chi connectivity index (χ0) is 10.1. The van der Waals surface area contributed by atoms with E-state index in [0.717, 1.165) is 6.92 Å². The second-order valence-corrected chi connectivity index (χ2v) is 3.24. The first-order chi connectivity index (χ1) is 5.95. The maximum absolute atomic E-state index is 12.9. The molecule has 0 aromatic heterocycles. The second-order valence-electron chi connectivity index (χ2n) is 2.83. The minimum absolute atomic E-state index is 0.0894. The summed E-state index contributed by atoms with van der Waals surface area (Å²) in [5.41, 5.74) is 0.474. The Morgan fingerprint density at radius 1 is 1.38 bits per heavy atom. The summed E-state index contributed by atoms with van der Waals surface area (Å²) in [5.74, 6) is -2.90. The van der Waals surface area contributed by atoms with Crippen LogP contribution in [-0.2, 0) is 5.92 Å². The van der Waals surface area contributed by atoms with Crippen LogP contribution in [0.4, 0.5) is 14.5 Å². The lowest BCUT2D eigenvalue weighted by Crippen LogP contribution is -2.08. The van der Waals surface area contributed by atoms with Gasteiger partial charge in [-0.3, -0.25) is 0 Å². The van der Waals surface area contributed by atoms with Gasteiger partial charge >= 0.3 is 0 Å². The fraction of sp³-hybridized carbons (Fsp3) is 0.333. The van der Waals surface area contributed by atoms with Crippen molar-refractivity contribution in [2.45, 2.75) is 12.8 Å². The van der Waals surface area contributed by atoms with E-state index in [2.05, 4.69) is 5.32 Å². The van der Waals surface area contributed by atoms with Crippen molar-refractivity contribution < 1.29 is 8.78 Å². The molecule has 1 aromatic rings. The molecule has 0 saturated carbocycles. The van der Waals surface area contributed by atoms with Crippen LogP contribution in [0.2, 0.25) is 5.02 Å². The van der Waals surface area contributed by atoms with Crippen molar-refractivity contribution in [3.05, 3.63) is 28.8 Å². The van der Waals surface area contributed by atoms with E-state index in [1.807, 2.05) is 0 Å². The van der Waals surface area contributed by atoms with Gasteiger partial charge in [0.15, 0.2) is 0 Å². The molecule has 0 spiro atoms. The highest BCUT2D eigenvalue weighted by Crippen LogP contribution is 2.34. The van der Waals surface area contributed by atoms with Crippen LogP contribution in [0.1, 0.15) is 12.5 Å². The van der Waals surface area contributed by atoms with Crippen LogP contribution in [0.5, 0.6) is 0 Å². The van der Waals surface area contributed by atoms with Crippen LogP contribution in [0.25, 0.3) is 0 Å².